The number of hydrogen-bond acceptors (Lipinski definition) is 7. The molecule has 0 spiro atoms. The molecule has 0 heterocycles. The Hall–Kier alpha value is -1.22. The van der Waals surface area contributed by atoms with Gasteiger partial charge in [0.05, 0.1) is 4.75 Å². The highest BCUT2D eigenvalue weighted by Gasteiger charge is 2.34. The number of carbonyl (C=O) groups is 3. The molecule has 132 valence electrons. The first-order chi connectivity index (χ1) is 10.4. The minimum absolute atomic E-state index is 0.0261. The summed E-state index contributed by atoms with van der Waals surface area (Å²) < 4.78 is 0.426. The molecule has 0 fully saturated rings. The molecule has 0 N–H and O–H groups in total. The minimum Gasteiger partial charge on any atom is -0.343 e. The minimum atomic E-state index is -0.770. The van der Waals surface area contributed by atoms with Crippen LogP contribution < -0.4 is 0 Å². The van der Waals surface area contributed by atoms with E-state index in [2.05, 4.69) is 5.16 Å². The summed E-state index contributed by atoms with van der Waals surface area (Å²) in [6, 6.07) is 0. The molecule has 0 aliphatic rings. The molecule has 0 bridgehead atoms. The smallest absolute Gasteiger partial charge is 0.343 e. The SMILES string of the molecule is CSC(=NOC(=O)N(C)SC(C)(C)C(=O)C(C)C)C(=O)N(C)C. The van der Waals surface area contributed by atoms with E-state index < -0.39 is 10.8 Å². The number of oxime groups is 1. The van der Waals surface area contributed by atoms with Crippen molar-refractivity contribution in [3.63, 3.8) is 0 Å². The average Bonchev–Trinajstić information content (AvgIpc) is 2.45. The quantitative estimate of drug-likeness (QED) is 0.245. The van der Waals surface area contributed by atoms with Crippen LogP contribution in [-0.4, -0.2) is 64.2 Å². The molecule has 0 aliphatic carbocycles. The fraction of sp³-hybridized carbons (Fsp3) is 0.714. The Labute approximate surface area is 146 Å². The molecule has 23 heavy (non-hydrogen) atoms. The zero-order valence-electron chi connectivity index (χ0n) is 14.9. The van der Waals surface area contributed by atoms with Gasteiger partial charge in [0.25, 0.3) is 5.91 Å². The zero-order valence-corrected chi connectivity index (χ0v) is 16.5. The first-order valence-electron chi connectivity index (χ1n) is 6.95. The molecule has 0 aromatic carbocycles. The summed E-state index contributed by atoms with van der Waals surface area (Å²) in [5.74, 6) is -0.463. The predicted octanol–water partition coefficient (Wildman–Crippen LogP) is 2.47. The van der Waals surface area contributed by atoms with E-state index in [1.165, 1.54) is 16.3 Å². The van der Waals surface area contributed by atoms with Gasteiger partial charge in [-0.05, 0) is 32.1 Å². The van der Waals surface area contributed by atoms with Crippen molar-refractivity contribution < 1.29 is 19.2 Å². The van der Waals surface area contributed by atoms with Crippen LogP contribution in [0.15, 0.2) is 5.16 Å². The summed E-state index contributed by atoms with van der Waals surface area (Å²) in [5.41, 5.74) is 0. The Balaban J connectivity index is 4.86. The van der Waals surface area contributed by atoms with Crippen LogP contribution in [0.4, 0.5) is 4.79 Å². The van der Waals surface area contributed by atoms with Crippen LogP contribution in [0.2, 0.25) is 0 Å². The maximum Gasteiger partial charge on any atom is 0.445 e. The van der Waals surface area contributed by atoms with Gasteiger partial charge in [-0.2, -0.15) is 0 Å². The lowest BCUT2D eigenvalue weighted by molar-refractivity contribution is -0.123. The molecule has 2 amide bonds. The van der Waals surface area contributed by atoms with Crippen molar-refractivity contribution in [1.82, 2.24) is 9.21 Å². The van der Waals surface area contributed by atoms with E-state index in [-0.39, 0.29) is 22.7 Å². The van der Waals surface area contributed by atoms with E-state index in [0.717, 1.165) is 23.7 Å². The van der Waals surface area contributed by atoms with Crippen LogP contribution in [0.3, 0.4) is 0 Å². The summed E-state index contributed by atoms with van der Waals surface area (Å²) in [4.78, 5) is 42.0. The third-order valence-corrected chi connectivity index (χ3v) is 4.45. The molecule has 0 aromatic rings. The number of nitrogens with zero attached hydrogens (tertiary/aromatic N) is 3. The monoisotopic (exact) mass is 363 g/mol. The maximum absolute atomic E-state index is 12.1. The second-order valence-electron chi connectivity index (χ2n) is 5.78. The predicted molar refractivity (Wildman–Crippen MR) is 95.4 cm³/mol. The van der Waals surface area contributed by atoms with Gasteiger partial charge in [0.15, 0.2) is 5.78 Å². The fourth-order valence-electron chi connectivity index (χ4n) is 1.61. The summed E-state index contributed by atoms with van der Waals surface area (Å²) in [6.45, 7) is 7.11. The molecule has 0 radical (unpaired) electrons. The van der Waals surface area contributed by atoms with Crippen molar-refractivity contribution in [2.45, 2.75) is 32.4 Å². The highest BCUT2D eigenvalue weighted by Crippen LogP contribution is 2.30. The number of thioether (sulfide) groups is 1. The number of Topliss-reactive ketones (excluding diaryl/α,β-unsaturated/α-hetero) is 1. The van der Waals surface area contributed by atoms with Gasteiger partial charge in [-0.1, -0.05) is 19.0 Å². The molecule has 0 aromatic heterocycles. The molecule has 0 unspecified atom stereocenters. The lowest BCUT2D eigenvalue weighted by atomic mass is 9.98. The maximum atomic E-state index is 12.1. The Kier molecular flexibility index (Phi) is 8.68. The molecule has 0 aliphatic heterocycles. The van der Waals surface area contributed by atoms with Gasteiger partial charge in [0.1, 0.15) is 0 Å². The highest BCUT2D eigenvalue weighted by molar-refractivity contribution is 8.15. The summed E-state index contributed by atoms with van der Waals surface area (Å²) in [5, 5.41) is 3.66. The topological polar surface area (TPSA) is 79.3 Å². The average molecular weight is 364 g/mol. The summed E-state index contributed by atoms with van der Waals surface area (Å²) in [7, 11) is 4.65. The van der Waals surface area contributed by atoms with Crippen LogP contribution in [-0.2, 0) is 14.4 Å². The third-order valence-electron chi connectivity index (χ3n) is 2.73. The van der Waals surface area contributed by atoms with Crippen LogP contribution >= 0.6 is 23.7 Å². The Morgan fingerprint density at radius 1 is 1.13 bits per heavy atom. The first-order valence-corrected chi connectivity index (χ1v) is 8.95. The van der Waals surface area contributed by atoms with E-state index in [0.29, 0.717) is 0 Å². The highest BCUT2D eigenvalue weighted by atomic mass is 32.2. The first kappa shape index (κ1) is 21.8. The lowest BCUT2D eigenvalue weighted by Crippen LogP contribution is -2.37. The van der Waals surface area contributed by atoms with E-state index >= 15 is 0 Å². The van der Waals surface area contributed by atoms with Crippen LogP contribution in [0, 0.1) is 5.92 Å². The van der Waals surface area contributed by atoms with Gasteiger partial charge in [-0.3, -0.25) is 18.7 Å². The van der Waals surface area contributed by atoms with Crippen LogP contribution in [0.5, 0.6) is 0 Å². The van der Waals surface area contributed by atoms with E-state index in [9.17, 15) is 14.4 Å². The number of carbonyl (C=O) groups excluding carboxylic acids is 3. The Morgan fingerprint density at radius 3 is 2.04 bits per heavy atom. The number of hydrogen-bond donors (Lipinski definition) is 0. The van der Waals surface area contributed by atoms with E-state index in [1.807, 2.05) is 13.8 Å². The Bertz CT molecular complexity index is 490. The van der Waals surface area contributed by atoms with Gasteiger partial charge in [0.2, 0.25) is 5.04 Å². The second-order valence-corrected chi connectivity index (χ2v) is 8.32. The molecular weight excluding hydrogens is 338 g/mol. The molecule has 0 saturated carbocycles. The number of amides is 2. The molecule has 7 nitrogen and oxygen atoms in total. The van der Waals surface area contributed by atoms with Crippen molar-refractivity contribution >= 4 is 46.5 Å². The standard InChI is InChI=1S/C14H25N3O4S2/c1-9(2)10(18)14(3,4)23-17(7)13(20)21-15-11(22-8)12(19)16(5)6/h9H,1-8H3. The lowest BCUT2D eigenvalue weighted by Gasteiger charge is -2.28. The van der Waals surface area contributed by atoms with E-state index in [4.69, 9.17) is 4.84 Å². The largest absolute Gasteiger partial charge is 0.445 e. The molecule has 0 rings (SSSR count). The molecule has 0 saturated heterocycles. The fourth-order valence-corrected chi connectivity index (χ4v) is 3.20. The van der Waals surface area contributed by atoms with Gasteiger partial charge in [0, 0.05) is 27.1 Å². The van der Waals surface area contributed by atoms with Crippen LogP contribution in [0.25, 0.3) is 0 Å². The van der Waals surface area contributed by atoms with Crippen molar-refractivity contribution in [3.05, 3.63) is 0 Å². The normalized spacial score (nSPS) is 12.1. The molecule has 0 atom stereocenters. The van der Waals surface area contributed by atoms with Crippen molar-refractivity contribution in [2.75, 3.05) is 27.4 Å². The van der Waals surface area contributed by atoms with Crippen molar-refractivity contribution in [3.8, 4) is 0 Å². The second kappa shape index (κ2) is 9.17. The van der Waals surface area contributed by atoms with Gasteiger partial charge in [-0.25, -0.2) is 4.79 Å². The summed E-state index contributed by atoms with van der Waals surface area (Å²) in [6.07, 6.45) is 0.912. The van der Waals surface area contributed by atoms with Gasteiger partial charge < -0.3 is 4.90 Å². The van der Waals surface area contributed by atoms with Crippen LogP contribution in [0.1, 0.15) is 27.7 Å². The van der Waals surface area contributed by atoms with Gasteiger partial charge in [-0.15, -0.1) is 11.8 Å². The van der Waals surface area contributed by atoms with Gasteiger partial charge >= 0.3 is 6.09 Å². The summed E-state index contributed by atoms with van der Waals surface area (Å²) >= 11 is 2.14. The van der Waals surface area contributed by atoms with Crippen molar-refractivity contribution in [2.24, 2.45) is 11.1 Å². The van der Waals surface area contributed by atoms with E-state index in [1.54, 1.807) is 34.2 Å². The molecular formula is C14H25N3O4S2. The Morgan fingerprint density at radius 2 is 1.65 bits per heavy atom. The number of rotatable bonds is 5. The zero-order chi connectivity index (χ0) is 18.4. The third kappa shape index (κ3) is 6.82. The van der Waals surface area contributed by atoms with Crippen molar-refractivity contribution in [1.29, 1.82) is 0 Å². The number of ketones is 1. The molecule has 9 heteroatoms.